The maximum atomic E-state index is 12.6. The van der Waals surface area contributed by atoms with E-state index in [0.29, 0.717) is 40.3 Å². The summed E-state index contributed by atoms with van der Waals surface area (Å²) in [6.45, 7) is 1.87. The van der Waals surface area contributed by atoms with Gasteiger partial charge >= 0.3 is 5.97 Å². The maximum Gasteiger partial charge on any atom is 0.349 e. The number of esters is 1. The molecule has 0 aromatic heterocycles. The Morgan fingerprint density at radius 1 is 1.22 bits per heavy atom. The van der Waals surface area contributed by atoms with Crippen molar-refractivity contribution in [3.63, 3.8) is 0 Å². The standard InChI is InChI=1S/C19H20Cl2N2O4/c1-2-27-19(26)16(21)10-11-9-12(7-8-15(11)20)23-18(25)14-6-4-3-5-13(14)17(22)24/h7-10H,2-6H2,1H3,(H2,22,24)(H,23,25)/b16-10-. The van der Waals surface area contributed by atoms with Gasteiger partial charge in [-0.15, -0.1) is 0 Å². The van der Waals surface area contributed by atoms with Crippen LogP contribution in [-0.2, 0) is 19.1 Å². The summed E-state index contributed by atoms with van der Waals surface area (Å²) >= 11 is 12.1. The Bertz CT molecular complexity index is 831. The van der Waals surface area contributed by atoms with Crippen LogP contribution in [0.25, 0.3) is 6.08 Å². The number of anilines is 1. The summed E-state index contributed by atoms with van der Waals surface area (Å²) in [6.07, 6.45) is 4.02. The van der Waals surface area contributed by atoms with E-state index < -0.39 is 11.9 Å². The van der Waals surface area contributed by atoms with Gasteiger partial charge in [0.15, 0.2) is 0 Å². The van der Waals surface area contributed by atoms with Crippen LogP contribution in [0.3, 0.4) is 0 Å². The molecule has 6 nitrogen and oxygen atoms in total. The van der Waals surface area contributed by atoms with Crippen LogP contribution in [0, 0.1) is 0 Å². The van der Waals surface area contributed by atoms with Gasteiger partial charge in [0.2, 0.25) is 5.91 Å². The maximum absolute atomic E-state index is 12.6. The molecule has 144 valence electrons. The van der Waals surface area contributed by atoms with E-state index in [4.69, 9.17) is 33.7 Å². The van der Waals surface area contributed by atoms with Crippen molar-refractivity contribution in [2.75, 3.05) is 11.9 Å². The second-order valence-electron chi connectivity index (χ2n) is 5.93. The van der Waals surface area contributed by atoms with Crippen molar-refractivity contribution in [1.82, 2.24) is 0 Å². The number of amides is 2. The highest BCUT2D eigenvalue weighted by Gasteiger charge is 2.22. The van der Waals surface area contributed by atoms with E-state index in [1.807, 2.05) is 0 Å². The summed E-state index contributed by atoms with van der Waals surface area (Å²) in [5.41, 5.74) is 7.06. The number of halogens is 2. The molecule has 27 heavy (non-hydrogen) atoms. The summed E-state index contributed by atoms with van der Waals surface area (Å²) in [6, 6.07) is 4.76. The van der Waals surface area contributed by atoms with E-state index in [-0.39, 0.29) is 17.5 Å². The number of benzene rings is 1. The van der Waals surface area contributed by atoms with Gasteiger partial charge in [0.1, 0.15) is 5.03 Å². The SMILES string of the molecule is CCOC(=O)/C(Cl)=C/c1cc(NC(=O)C2=C(C(N)=O)CCCC2)ccc1Cl. The summed E-state index contributed by atoms with van der Waals surface area (Å²) < 4.78 is 4.82. The van der Waals surface area contributed by atoms with Gasteiger partial charge in [0, 0.05) is 21.9 Å². The number of hydrogen-bond acceptors (Lipinski definition) is 4. The van der Waals surface area contributed by atoms with Gasteiger partial charge in [0.25, 0.3) is 5.91 Å². The van der Waals surface area contributed by atoms with Crippen LogP contribution < -0.4 is 11.1 Å². The number of rotatable bonds is 6. The molecular weight excluding hydrogens is 391 g/mol. The highest BCUT2D eigenvalue weighted by molar-refractivity contribution is 6.43. The summed E-state index contributed by atoms with van der Waals surface area (Å²) in [5, 5.41) is 2.96. The first-order valence-electron chi connectivity index (χ1n) is 8.50. The number of nitrogens with two attached hydrogens (primary N) is 1. The Morgan fingerprint density at radius 2 is 1.89 bits per heavy atom. The third-order valence-electron chi connectivity index (χ3n) is 4.05. The van der Waals surface area contributed by atoms with Crippen LogP contribution in [0.15, 0.2) is 34.4 Å². The third kappa shape index (κ3) is 5.58. The minimum Gasteiger partial charge on any atom is -0.462 e. The lowest BCUT2D eigenvalue weighted by atomic mass is 9.90. The number of ether oxygens (including phenoxy) is 1. The van der Waals surface area contributed by atoms with Crippen LogP contribution in [0.4, 0.5) is 5.69 Å². The zero-order chi connectivity index (χ0) is 20.0. The molecule has 1 aliphatic rings. The van der Waals surface area contributed by atoms with Gasteiger partial charge < -0.3 is 15.8 Å². The Kier molecular flexibility index (Phi) is 7.45. The molecule has 8 heteroatoms. The zero-order valence-electron chi connectivity index (χ0n) is 14.8. The molecule has 0 saturated carbocycles. The fraction of sp³-hybridized carbons (Fsp3) is 0.316. The molecule has 0 heterocycles. The lowest BCUT2D eigenvalue weighted by molar-refractivity contribution is -0.137. The molecule has 0 radical (unpaired) electrons. The van der Waals surface area contributed by atoms with Crippen molar-refractivity contribution in [3.05, 3.63) is 45.0 Å². The van der Waals surface area contributed by atoms with Crippen molar-refractivity contribution in [1.29, 1.82) is 0 Å². The molecule has 1 aliphatic carbocycles. The second-order valence-corrected chi connectivity index (χ2v) is 6.75. The lowest BCUT2D eigenvalue weighted by Crippen LogP contribution is -2.24. The van der Waals surface area contributed by atoms with Gasteiger partial charge in [-0.05, 0) is 62.4 Å². The first-order chi connectivity index (χ1) is 12.8. The quantitative estimate of drug-likeness (QED) is 0.550. The second kappa shape index (κ2) is 9.58. The molecule has 2 amide bonds. The third-order valence-corrected chi connectivity index (χ3v) is 4.65. The van der Waals surface area contributed by atoms with Gasteiger partial charge in [0.05, 0.1) is 6.61 Å². The Balaban J connectivity index is 2.25. The molecule has 3 N–H and O–H groups in total. The largest absolute Gasteiger partial charge is 0.462 e. The predicted molar refractivity (Wildman–Crippen MR) is 105 cm³/mol. The Hall–Kier alpha value is -2.31. The molecule has 0 spiro atoms. The fourth-order valence-electron chi connectivity index (χ4n) is 2.76. The van der Waals surface area contributed by atoms with E-state index in [1.54, 1.807) is 25.1 Å². The molecule has 1 aromatic rings. The zero-order valence-corrected chi connectivity index (χ0v) is 16.3. The number of carbonyl (C=O) groups is 3. The van der Waals surface area contributed by atoms with Crippen molar-refractivity contribution in [3.8, 4) is 0 Å². The highest BCUT2D eigenvalue weighted by Crippen LogP contribution is 2.28. The Labute approximate surface area is 167 Å². The van der Waals surface area contributed by atoms with Crippen LogP contribution in [0.5, 0.6) is 0 Å². The first-order valence-corrected chi connectivity index (χ1v) is 9.26. The predicted octanol–water partition coefficient (Wildman–Crippen LogP) is 3.78. The van der Waals surface area contributed by atoms with Crippen LogP contribution >= 0.6 is 23.2 Å². The number of hydrogen-bond donors (Lipinski definition) is 2. The van der Waals surface area contributed by atoms with Gasteiger partial charge in [-0.2, -0.15) is 0 Å². The van der Waals surface area contributed by atoms with Crippen molar-refractivity contribution in [2.24, 2.45) is 5.73 Å². The van der Waals surface area contributed by atoms with Crippen LogP contribution in [0.1, 0.15) is 38.2 Å². The lowest BCUT2D eigenvalue weighted by Gasteiger charge is -2.18. The summed E-state index contributed by atoms with van der Waals surface area (Å²) in [5.74, 6) is -1.61. The minimum absolute atomic E-state index is 0.131. The molecule has 0 aliphatic heterocycles. The molecule has 2 rings (SSSR count). The minimum atomic E-state index is -0.664. The summed E-state index contributed by atoms with van der Waals surface area (Å²) in [7, 11) is 0. The monoisotopic (exact) mass is 410 g/mol. The van der Waals surface area contributed by atoms with Crippen molar-refractivity contribution in [2.45, 2.75) is 32.6 Å². The van der Waals surface area contributed by atoms with E-state index in [9.17, 15) is 14.4 Å². The van der Waals surface area contributed by atoms with E-state index in [1.165, 1.54) is 6.08 Å². The molecule has 0 atom stereocenters. The topological polar surface area (TPSA) is 98.5 Å². The molecule has 1 aromatic carbocycles. The molecule has 0 bridgehead atoms. The van der Waals surface area contributed by atoms with E-state index in [0.717, 1.165) is 12.8 Å². The van der Waals surface area contributed by atoms with E-state index in [2.05, 4.69) is 5.32 Å². The highest BCUT2D eigenvalue weighted by atomic mass is 35.5. The van der Waals surface area contributed by atoms with Gasteiger partial charge in [-0.3, -0.25) is 9.59 Å². The fourth-order valence-corrected chi connectivity index (χ4v) is 3.11. The van der Waals surface area contributed by atoms with Crippen LogP contribution in [-0.4, -0.2) is 24.4 Å². The number of carbonyl (C=O) groups excluding carboxylic acids is 3. The molecule has 0 unspecified atom stereocenters. The first kappa shape index (κ1) is 21.0. The smallest absolute Gasteiger partial charge is 0.349 e. The molecule has 0 saturated heterocycles. The number of primary amides is 1. The normalized spacial score (nSPS) is 14.7. The summed E-state index contributed by atoms with van der Waals surface area (Å²) in [4.78, 5) is 35.8. The Morgan fingerprint density at radius 3 is 2.52 bits per heavy atom. The van der Waals surface area contributed by atoms with Gasteiger partial charge in [-0.25, -0.2) is 4.79 Å². The van der Waals surface area contributed by atoms with Gasteiger partial charge in [-0.1, -0.05) is 23.2 Å². The number of nitrogens with one attached hydrogen (secondary N) is 1. The average Bonchev–Trinajstić information content (AvgIpc) is 2.64. The molecule has 0 fully saturated rings. The van der Waals surface area contributed by atoms with Crippen molar-refractivity contribution < 1.29 is 19.1 Å². The van der Waals surface area contributed by atoms with Crippen LogP contribution in [0.2, 0.25) is 5.02 Å². The average molecular weight is 411 g/mol. The van der Waals surface area contributed by atoms with Crippen molar-refractivity contribution >= 4 is 52.7 Å². The van der Waals surface area contributed by atoms with E-state index >= 15 is 0 Å². The molecular formula is C19H20Cl2N2O4.